The Hall–Kier alpha value is -4.28. The summed E-state index contributed by atoms with van der Waals surface area (Å²) < 4.78 is 23.9. The number of fused-ring (bicyclic) bond motifs is 3. The normalized spacial score (nSPS) is 19.9. The highest BCUT2D eigenvalue weighted by atomic mass is 19.1. The van der Waals surface area contributed by atoms with Crippen molar-refractivity contribution in [1.82, 2.24) is 15.2 Å². The number of ether oxygens (including phenoxy) is 1. The number of nitrogens with one attached hydrogen (secondary N) is 2. The molecule has 0 bridgehead atoms. The van der Waals surface area contributed by atoms with Crippen molar-refractivity contribution in [2.45, 2.75) is 25.3 Å². The maximum atomic E-state index is 15.8. The van der Waals surface area contributed by atoms with Gasteiger partial charge in [0.25, 0.3) is 5.91 Å². The van der Waals surface area contributed by atoms with Gasteiger partial charge >= 0.3 is 0 Å². The summed E-state index contributed by atoms with van der Waals surface area (Å²) in [5.41, 5.74) is 6.43. The van der Waals surface area contributed by atoms with E-state index in [2.05, 4.69) is 10.6 Å². The van der Waals surface area contributed by atoms with Gasteiger partial charge in [0.2, 0.25) is 11.3 Å². The van der Waals surface area contributed by atoms with Gasteiger partial charge in [-0.2, -0.15) is 0 Å². The van der Waals surface area contributed by atoms with Gasteiger partial charge in [-0.05, 0) is 54.8 Å². The van der Waals surface area contributed by atoms with Crippen LogP contribution in [0.4, 0.5) is 10.1 Å². The Bertz CT molecular complexity index is 1780. The fraction of sp³-hybridized carbons (Fsp3) is 0.300. The largest absolute Gasteiger partial charge is 0.451 e. The minimum absolute atomic E-state index is 0.00186. The van der Waals surface area contributed by atoms with E-state index in [0.717, 1.165) is 29.8 Å². The summed E-state index contributed by atoms with van der Waals surface area (Å²) in [6.07, 6.45) is 3.62. The van der Waals surface area contributed by atoms with Crippen molar-refractivity contribution in [3.8, 4) is 17.2 Å². The summed E-state index contributed by atoms with van der Waals surface area (Å²) in [5.74, 6) is -1.57. The van der Waals surface area contributed by atoms with Gasteiger partial charge in [0.15, 0.2) is 17.3 Å². The molecule has 1 aromatic heterocycles. The lowest BCUT2D eigenvalue weighted by Gasteiger charge is -2.29. The molecule has 2 unspecified atom stereocenters. The van der Waals surface area contributed by atoms with E-state index in [1.807, 2.05) is 41.3 Å². The molecule has 2 amide bonds. The molecule has 4 N–H and O–H groups in total. The van der Waals surface area contributed by atoms with Crippen LogP contribution in [0.5, 0.6) is 11.5 Å². The van der Waals surface area contributed by atoms with Crippen LogP contribution in [0.3, 0.4) is 0 Å². The third-order valence-corrected chi connectivity index (χ3v) is 8.16. The van der Waals surface area contributed by atoms with E-state index in [9.17, 15) is 14.4 Å². The molecule has 0 aliphatic carbocycles. The molecule has 9 nitrogen and oxygen atoms in total. The average Bonchev–Trinajstić information content (AvgIpc) is 3.39. The van der Waals surface area contributed by atoms with Crippen LogP contribution in [0.15, 0.2) is 53.5 Å². The first-order chi connectivity index (χ1) is 19.4. The highest BCUT2D eigenvalue weighted by Crippen LogP contribution is 2.48. The van der Waals surface area contributed by atoms with Crippen LogP contribution >= 0.6 is 0 Å². The molecule has 4 aromatic rings. The Labute approximate surface area is 228 Å². The summed E-state index contributed by atoms with van der Waals surface area (Å²) in [7, 11) is 0. The second kappa shape index (κ2) is 9.42. The van der Waals surface area contributed by atoms with Gasteiger partial charge < -0.3 is 25.3 Å². The molecular formula is C30H28FN5O4. The van der Waals surface area contributed by atoms with Crippen LogP contribution in [0.2, 0.25) is 0 Å². The number of amides is 2. The number of hydrogen-bond donors (Lipinski definition) is 3. The molecule has 2 saturated heterocycles. The molecule has 4 heterocycles. The Morgan fingerprint density at radius 2 is 1.93 bits per heavy atom. The van der Waals surface area contributed by atoms with Gasteiger partial charge in [0.1, 0.15) is 16.8 Å². The lowest BCUT2D eigenvalue weighted by molar-refractivity contribution is -0.124. The standard InChI is InChI=1S/C30H28FN5O4/c31-22-12-20-25-28(26(22)35-9-7-19(32)14-35)40-24-11-17-5-2-1-4-16(17)10-23(24)36(25)15-21(27(20)37)30(39)34-29(38)18-6-3-8-33-13-18/h1-2,4-5,10-12,15,18-19,33H,3,6-9,13-14,32H2,(H,34,38,39). The van der Waals surface area contributed by atoms with Gasteiger partial charge in [-0.1, -0.05) is 24.3 Å². The molecule has 40 heavy (non-hydrogen) atoms. The second-order valence-corrected chi connectivity index (χ2v) is 10.8. The molecule has 0 spiro atoms. The number of piperidine rings is 1. The quantitative estimate of drug-likeness (QED) is 0.300. The van der Waals surface area contributed by atoms with Crippen molar-refractivity contribution in [1.29, 1.82) is 0 Å². The Kier molecular flexibility index (Phi) is 5.83. The van der Waals surface area contributed by atoms with Gasteiger partial charge in [-0.25, -0.2) is 4.39 Å². The Morgan fingerprint density at radius 3 is 2.65 bits per heavy atom. The fourth-order valence-electron chi connectivity index (χ4n) is 6.09. The molecule has 204 valence electrons. The molecule has 2 atom stereocenters. The number of anilines is 1. The summed E-state index contributed by atoms with van der Waals surface area (Å²) in [4.78, 5) is 41.7. The molecule has 10 heteroatoms. The smallest absolute Gasteiger partial charge is 0.263 e. The molecular weight excluding hydrogens is 513 g/mol. The minimum Gasteiger partial charge on any atom is -0.451 e. The minimum atomic E-state index is -0.809. The van der Waals surface area contributed by atoms with Crippen LogP contribution in [-0.4, -0.2) is 48.6 Å². The van der Waals surface area contributed by atoms with Crippen molar-refractivity contribution in [3.63, 3.8) is 0 Å². The van der Waals surface area contributed by atoms with E-state index < -0.39 is 23.1 Å². The predicted molar refractivity (Wildman–Crippen MR) is 150 cm³/mol. The highest BCUT2D eigenvalue weighted by molar-refractivity contribution is 6.08. The van der Waals surface area contributed by atoms with Gasteiger partial charge in [-0.3, -0.25) is 19.7 Å². The topological polar surface area (TPSA) is 119 Å². The first-order valence-corrected chi connectivity index (χ1v) is 13.6. The van der Waals surface area contributed by atoms with E-state index in [0.29, 0.717) is 49.4 Å². The zero-order valence-electron chi connectivity index (χ0n) is 21.7. The SMILES string of the molecule is NC1CCN(c2c(F)cc3c(=O)c(C(=O)NC(=O)C4CCCNC4)cn4c3c2Oc2cc3ccccc3cc2-4)C1. The van der Waals surface area contributed by atoms with Crippen molar-refractivity contribution in [2.75, 3.05) is 31.1 Å². The first kappa shape index (κ1) is 24.7. The lowest BCUT2D eigenvalue weighted by Crippen LogP contribution is -2.43. The number of nitrogens with two attached hydrogens (primary N) is 1. The maximum Gasteiger partial charge on any atom is 0.263 e. The molecule has 3 aliphatic heterocycles. The second-order valence-electron chi connectivity index (χ2n) is 10.8. The summed E-state index contributed by atoms with van der Waals surface area (Å²) in [5, 5.41) is 7.41. The Morgan fingerprint density at radius 1 is 1.12 bits per heavy atom. The Balaban J connectivity index is 1.43. The van der Waals surface area contributed by atoms with E-state index >= 15 is 4.39 Å². The highest BCUT2D eigenvalue weighted by Gasteiger charge is 2.33. The number of hydrogen-bond acceptors (Lipinski definition) is 7. The third kappa shape index (κ3) is 3.94. The van der Waals surface area contributed by atoms with E-state index in [-0.39, 0.29) is 34.3 Å². The van der Waals surface area contributed by atoms with Crippen molar-refractivity contribution >= 4 is 39.2 Å². The number of pyridine rings is 1. The molecule has 0 radical (unpaired) electrons. The number of carbonyl (C=O) groups is 2. The van der Waals surface area contributed by atoms with Crippen LogP contribution in [-0.2, 0) is 4.79 Å². The number of nitrogens with zero attached hydrogens (tertiary/aromatic N) is 2. The molecule has 3 aliphatic rings. The number of imide groups is 1. The lowest BCUT2D eigenvalue weighted by atomic mass is 9.98. The number of halogens is 1. The van der Waals surface area contributed by atoms with E-state index in [1.54, 1.807) is 4.57 Å². The van der Waals surface area contributed by atoms with Gasteiger partial charge in [0, 0.05) is 31.9 Å². The molecule has 0 saturated carbocycles. The van der Waals surface area contributed by atoms with Gasteiger partial charge in [-0.15, -0.1) is 0 Å². The van der Waals surface area contributed by atoms with Crippen molar-refractivity contribution < 1.29 is 18.7 Å². The molecule has 7 rings (SSSR count). The van der Waals surface area contributed by atoms with Gasteiger partial charge in [0.05, 0.1) is 17.0 Å². The van der Waals surface area contributed by atoms with E-state index in [4.69, 9.17) is 10.5 Å². The number of benzene rings is 3. The molecule has 2 fully saturated rings. The zero-order valence-corrected chi connectivity index (χ0v) is 21.7. The predicted octanol–water partition coefficient (Wildman–Crippen LogP) is 3.18. The maximum absolute atomic E-state index is 15.8. The fourth-order valence-corrected chi connectivity index (χ4v) is 6.09. The number of aromatic nitrogens is 1. The monoisotopic (exact) mass is 541 g/mol. The van der Waals surface area contributed by atoms with Crippen molar-refractivity contribution in [2.24, 2.45) is 11.7 Å². The van der Waals surface area contributed by atoms with Crippen LogP contribution in [0, 0.1) is 11.7 Å². The van der Waals surface area contributed by atoms with E-state index in [1.165, 1.54) is 6.20 Å². The number of rotatable bonds is 3. The summed E-state index contributed by atoms with van der Waals surface area (Å²) in [6, 6.07) is 12.6. The van der Waals surface area contributed by atoms with Crippen LogP contribution in [0.1, 0.15) is 29.6 Å². The molecule has 3 aromatic carbocycles. The summed E-state index contributed by atoms with van der Waals surface area (Å²) in [6.45, 7) is 2.29. The average molecular weight is 542 g/mol. The first-order valence-electron chi connectivity index (χ1n) is 13.6. The van der Waals surface area contributed by atoms with Crippen LogP contribution in [0.25, 0.3) is 27.4 Å². The zero-order chi connectivity index (χ0) is 27.5. The summed E-state index contributed by atoms with van der Waals surface area (Å²) >= 11 is 0. The third-order valence-electron chi connectivity index (χ3n) is 8.16. The number of carbonyl (C=O) groups excluding carboxylic acids is 2. The van der Waals surface area contributed by atoms with Crippen molar-refractivity contribution in [3.05, 3.63) is 70.3 Å². The van der Waals surface area contributed by atoms with Crippen LogP contribution < -0.4 is 31.4 Å².